The van der Waals surface area contributed by atoms with Crippen LogP contribution in [0, 0.1) is 6.92 Å². The lowest BCUT2D eigenvalue weighted by atomic mass is 10.1. The molecule has 1 aromatic heterocycles. The van der Waals surface area contributed by atoms with Gasteiger partial charge in [-0.2, -0.15) is 0 Å². The normalized spacial score (nSPS) is 13.9. The van der Waals surface area contributed by atoms with Crippen molar-refractivity contribution in [3.8, 4) is 0 Å². The highest BCUT2D eigenvalue weighted by molar-refractivity contribution is 8.00. The first-order valence-electron chi connectivity index (χ1n) is 5.68. The second-order valence-electron chi connectivity index (χ2n) is 5.36. The van der Waals surface area contributed by atoms with Gasteiger partial charge >= 0.3 is 0 Å². The van der Waals surface area contributed by atoms with Gasteiger partial charge in [0.2, 0.25) is 0 Å². The summed E-state index contributed by atoms with van der Waals surface area (Å²) in [6, 6.07) is 2.40. The Morgan fingerprint density at radius 1 is 1.44 bits per heavy atom. The number of aryl methyl sites for hydroxylation is 1. The Balaban J connectivity index is 2.83. The zero-order valence-corrected chi connectivity index (χ0v) is 11.7. The fourth-order valence-corrected chi connectivity index (χ4v) is 2.41. The van der Waals surface area contributed by atoms with E-state index >= 15 is 0 Å². The average Bonchev–Trinajstić information content (AvgIpc) is 2.06. The standard InChI is InChI=1S/C13H22N2S/c1-9-6-11(7-10(2)14)8-15-12(9)16-13(3,4)5/h6,8,10H,7,14H2,1-5H3. The number of pyridine rings is 1. The number of nitrogens with zero attached hydrogens (tertiary/aromatic N) is 1. The summed E-state index contributed by atoms with van der Waals surface area (Å²) in [7, 11) is 0. The van der Waals surface area contributed by atoms with Gasteiger partial charge in [-0.1, -0.05) is 26.8 Å². The van der Waals surface area contributed by atoms with Crippen molar-refractivity contribution < 1.29 is 0 Å². The number of nitrogens with two attached hydrogens (primary N) is 1. The van der Waals surface area contributed by atoms with Crippen LogP contribution in [0.3, 0.4) is 0 Å². The molecule has 2 N–H and O–H groups in total. The molecule has 0 saturated heterocycles. The molecule has 90 valence electrons. The topological polar surface area (TPSA) is 38.9 Å². The second-order valence-corrected chi connectivity index (χ2v) is 7.18. The van der Waals surface area contributed by atoms with Crippen LogP contribution in [0.1, 0.15) is 38.8 Å². The first-order valence-corrected chi connectivity index (χ1v) is 6.50. The number of hydrogen-bond acceptors (Lipinski definition) is 3. The van der Waals surface area contributed by atoms with Crippen molar-refractivity contribution >= 4 is 11.8 Å². The molecule has 0 spiro atoms. The van der Waals surface area contributed by atoms with Crippen molar-refractivity contribution in [3.05, 3.63) is 23.4 Å². The molecule has 1 heterocycles. The van der Waals surface area contributed by atoms with Crippen LogP contribution in [0.2, 0.25) is 0 Å². The van der Waals surface area contributed by atoms with Crippen molar-refractivity contribution in [2.45, 2.75) is 56.9 Å². The summed E-state index contributed by atoms with van der Waals surface area (Å²) in [4.78, 5) is 4.52. The van der Waals surface area contributed by atoms with Gasteiger partial charge in [0.15, 0.2) is 0 Å². The van der Waals surface area contributed by atoms with E-state index in [1.165, 1.54) is 11.1 Å². The molecule has 3 heteroatoms. The Kier molecular flexibility index (Phi) is 4.39. The van der Waals surface area contributed by atoms with Gasteiger partial charge in [0.25, 0.3) is 0 Å². The van der Waals surface area contributed by atoms with Gasteiger partial charge in [-0.25, -0.2) is 4.98 Å². The highest BCUT2D eigenvalue weighted by atomic mass is 32.2. The minimum atomic E-state index is 0.197. The van der Waals surface area contributed by atoms with Crippen LogP contribution >= 0.6 is 11.8 Å². The molecule has 1 unspecified atom stereocenters. The van der Waals surface area contributed by atoms with Crippen LogP contribution < -0.4 is 5.73 Å². The molecule has 0 aromatic carbocycles. The summed E-state index contributed by atoms with van der Waals surface area (Å²) >= 11 is 1.81. The zero-order valence-electron chi connectivity index (χ0n) is 10.9. The van der Waals surface area contributed by atoms with E-state index in [0.29, 0.717) is 0 Å². The SMILES string of the molecule is Cc1cc(CC(C)N)cnc1SC(C)(C)C. The fraction of sp³-hybridized carbons (Fsp3) is 0.615. The first-order chi connectivity index (χ1) is 7.28. The highest BCUT2D eigenvalue weighted by Gasteiger charge is 2.15. The highest BCUT2D eigenvalue weighted by Crippen LogP contribution is 2.32. The Morgan fingerprint density at radius 3 is 2.50 bits per heavy atom. The molecule has 0 aliphatic heterocycles. The minimum Gasteiger partial charge on any atom is -0.328 e. The van der Waals surface area contributed by atoms with E-state index in [0.717, 1.165) is 11.4 Å². The van der Waals surface area contributed by atoms with E-state index < -0.39 is 0 Å². The Bertz CT molecular complexity index is 353. The summed E-state index contributed by atoms with van der Waals surface area (Å²) in [6.45, 7) is 10.7. The van der Waals surface area contributed by atoms with E-state index in [1.807, 2.05) is 24.9 Å². The van der Waals surface area contributed by atoms with Crippen LogP contribution in [0.5, 0.6) is 0 Å². The third-order valence-electron chi connectivity index (χ3n) is 2.05. The van der Waals surface area contributed by atoms with Gasteiger partial charge in [0.05, 0.1) is 5.03 Å². The van der Waals surface area contributed by atoms with Crippen LogP contribution in [0.15, 0.2) is 17.3 Å². The molecule has 0 saturated carbocycles. The number of thioether (sulfide) groups is 1. The van der Waals surface area contributed by atoms with Gasteiger partial charge in [0.1, 0.15) is 0 Å². The summed E-state index contributed by atoms with van der Waals surface area (Å²) < 4.78 is 0.209. The van der Waals surface area contributed by atoms with E-state index in [9.17, 15) is 0 Å². The fourth-order valence-electron chi connectivity index (χ4n) is 1.50. The Morgan fingerprint density at radius 2 is 2.06 bits per heavy atom. The van der Waals surface area contributed by atoms with Crippen LogP contribution in [0.25, 0.3) is 0 Å². The largest absolute Gasteiger partial charge is 0.328 e. The maximum Gasteiger partial charge on any atom is 0.0994 e. The summed E-state index contributed by atoms with van der Waals surface area (Å²) in [6.07, 6.45) is 2.85. The zero-order chi connectivity index (χ0) is 12.3. The summed E-state index contributed by atoms with van der Waals surface area (Å²) in [5.41, 5.74) is 8.26. The summed E-state index contributed by atoms with van der Waals surface area (Å²) in [5.74, 6) is 0. The number of aromatic nitrogens is 1. The van der Waals surface area contributed by atoms with Crippen molar-refractivity contribution in [1.82, 2.24) is 4.98 Å². The van der Waals surface area contributed by atoms with E-state index in [1.54, 1.807) is 0 Å². The lowest BCUT2D eigenvalue weighted by Crippen LogP contribution is -2.18. The van der Waals surface area contributed by atoms with Gasteiger partial charge < -0.3 is 5.73 Å². The smallest absolute Gasteiger partial charge is 0.0994 e. The van der Waals surface area contributed by atoms with Crippen LogP contribution in [0.4, 0.5) is 0 Å². The quantitative estimate of drug-likeness (QED) is 0.822. The van der Waals surface area contributed by atoms with Gasteiger partial charge in [-0.05, 0) is 31.4 Å². The van der Waals surface area contributed by atoms with E-state index in [4.69, 9.17) is 5.73 Å². The van der Waals surface area contributed by atoms with Crippen molar-refractivity contribution in [1.29, 1.82) is 0 Å². The Hall–Kier alpha value is -0.540. The molecule has 16 heavy (non-hydrogen) atoms. The Labute approximate surface area is 103 Å². The minimum absolute atomic E-state index is 0.197. The lowest BCUT2D eigenvalue weighted by Gasteiger charge is -2.18. The predicted octanol–water partition coefficient (Wildman–Crippen LogP) is 3.17. The molecule has 1 rings (SSSR count). The molecular weight excluding hydrogens is 216 g/mol. The van der Waals surface area contributed by atoms with Crippen molar-refractivity contribution in [2.75, 3.05) is 0 Å². The molecule has 2 nitrogen and oxygen atoms in total. The maximum atomic E-state index is 5.78. The van der Waals surface area contributed by atoms with Gasteiger partial charge in [-0.3, -0.25) is 0 Å². The van der Waals surface area contributed by atoms with Crippen molar-refractivity contribution in [3.63, 3.8) is 0 Å². The van der Waals surface area contributed by atoms with Gasteiger partial charge in [0, 0.05) is 17.0 Å². The molecule has 1 atom stereocenters. The molecule has 0 bridgehead atoms. The molecule has 0 aliphatic carbocycles. The second kappa shape index (κ2) is 5.19. The average molecular weight is 238 g/mol. The van der Waals surface area contributed by atoms with E-state index in [2.05, 4.69) is 38.7 Å². The molecular formula is C13H22N2S. The maximum absolute atomic E-state index is 5.78. The van der Waals surface area contributed by atoms with Crippen LogP contribution in [-0.4, -0.2) is 15.8 Å². The molecule has 1 aromatic rings. The van der Waals surface area contributed by atoms with E-state index in [-0.39, 0.29) is 10.8 Å². The molecule has 0 aliphatic rings. The summed E-state index contributed by atoms with van der Waals surface area (Å²) in [5, 5.41) is 1.13. The van der Waals surface area contributed by atoms with Gasteiger partial charge in [-0.15, -0.1) is 11.8 Å². The van der Waals surface area contributed by atoms with Crippen molar-refractivity contribution in [2.24, 2.45) is 5.73 Å². The first kappa shape index (κ1) is 13.5. The molecule has 0 amide bonds. The predicted molar refractivity (Wildman–Crippen MR) is 71.9 cm³/mol. The third-order valence-corrected chi connectivity index (χ3v) is 3.28. The number of hydrogen-bond donors (Lipinski definition) is 1. The molecule has 0 radical (unpaired) electrons. The van der Waals surface area contributed by atoms with Crippen LogP contribution in [-0.2, 0) is 6.42 Å². The monoisotopic (exact) mass is 238 g/mol. The molecule has 0 fully saturated rings. The number of rotatable bonds is 3. The third kappa shape index (κ3) is 4.54. The lowest BCUT2D eigenvalue weighted by molar-refractivity contribution is 0.732.